The van der Waals surface area contributed by atoms with E-state index in [0.29, 0.717) is 24.9 Å². The largest absolute Gasteiger partial charge is 0.493 e. The molecule has 1 saturated heterocycles. The number of benzene rings is 1. The molecule has 3 fully saturated rings. The second kappa shape index (κ2) is 8.07. The van der Waals surface area contributed by atoms with Crippen molar-refractivity contribution in [1.29, 1.82) is 0 Å². The molecule has 166 valence electrons. The van der Waals surface area contributed by atoms with Crippen LogP contribution in [-0.2, 0) is 9.53 Å². The van der Waals surface area contributed by atoms with Crippen molar-refractivity contribution in [3.8, 4) is 11.5 Å². The molecule has 1 spiro atoms. The van der Waals surface area contributed by atoms with Gasteiger partial charge in [-0.2, -0.15) is 0 Å². The minimum absolute atomic E-state index is 0.0370. The molecule has 3 aliphatic rings. The molecule has 1 amide bonds. The average molecular weight is 416 g/mol. The molecule has 1 aromatic carbocycles. The van der Waals surface area contributed by atoms with Gasteiger partial charge in [-0.3, -0.25) is 4.79 Å². The topological polar surface area (TPSA) is 56.8 Å². The Morgan fingerprint density at radius 1 is 1.27 bits per heavy atom. The van der Waals surface area contributed by atoms with E-state index in [4.69, 9.17) is 14.2 Å². The first-order valence-electron chi connectivity index (χ1n) is 11.6. The summed E-state index contributed by atoms with van der Waals surface area (Å²) >= 11 is 0. The van der Waals surface area contributed by atoms with Crippen molar-refractivity contribution < 1.29 is 19.0 Å². The summed E-state index contributed by atoms with van der Waals surface area (Å²) in [5.41, 5.74) is 1.40. The number of nitrogens with one attached hydrogen (secondary N) is 1. The van der Waals surface area contributed by atoms with Gasteiger partial charge in [0.15, 0.2) is 11.5 Å². The van der Waals surface area contributed by atoms with Crippen LogP contribution in [0.4, 0.5) is 0 Å². The molecule has 2 bridgehead atoms. The minimum Gasteiger partial charge on any atom is -0.493 e. The van der Waals surface area contributed by atoms with E-state index < -0.39 is 0 Å². The summed E-state index contributed by atoms with van der Waals surface area (Å²) in [5, 5.41) is 3.47. The fourth-order valence-electron chi connectivity index (χ4n) is 6.71. The second-order valence-corrected chi connectivity index (χ2v) is 9.93. The first-order chi connectivity index (χ1) is 14.4. The number of hydrogen-bond acceptors (Lipinski definition) is 4. The van der Waals surface area contributed by atoms with E-state index in [1.54, 1.807) is 7.11 Å². The Hall–Kier alpha value is -1.75. The standard InChI is InChI=1S/C25H37NO4/c1-6-8-21(27)26-23-24(3,4)17-14-18-22(30-12-11-25(18,23)15-17)16-9-10-19(29-7-2)20(13-16)28-5/h9-10,13,17-18,22-23H,6-8,11-12,14-15H2,1-5H3,(H,26,27)/t17-,18-,22-,23-,25?/m1/s1. The zero-order chi connectivity index (χ0) is 21.5. The number of rotatable bonds is 7. The van der Waals surface area contributed by atoms with Gasteiger partial charge in [0.05, 0.1) is 19.8 Å². The van der Waals surface area contributed by atoms with Gasteiger partial charge >= 0.3 is 0 Å². The molecule has 4 rings (SSSR count). The lowest BCUT2D eigenvalue weighted by Crippen LogP contribution is -2.58. The summed E-state index contributed by atoms with van der Waals surface area (Å²) in [7, 11) is 1.68. The number of amides is 1. The van der Waals surface area contributed by atoms with Gasteiger partial charge < -0.3 is 19.5 Å². The summed E-state index contributed by atoms with van der Waals surface area (Å²) in [4.78, 5) is 12.6. The molecule has 5 heteroatoms. The molecule has 0 radical (unpaired) electrons. The van der Waals surface area contributed by atoms with Crippen molar-refractivity contribution in [1.82, 2.24) is 5.32 Å². The smallest absolute Gasteiger partial charge is 0.220 e. The average Bonchev–Trinajstić information content (AvgIpc) is 3.21. The molecule has 5 nitrogen and oxygen atoms in total. The van der Waals surface area contributed by atoms with E-state index in [1.165, 1.54) is 6.42 Å². The number of hydrogen-bond donors (Lipinski definition) is 1. The number of ether oxygens (including phenoxy) is 3. The van der Waals surface area contributed by atoms with Gasteiger partial charge in [-0.1, -0.05) is 26.8 Å². The monoisotopic (exact) mass is 415 g/mol. The molecule has 5 atom stereocenters. The molecule has 30 heavy (non-hydrogen) atoms. The van der Waals surface area contributed by atoms with Crippen molar-refractivity contribution in [2.24, 2.45) is 22.7 Å². The Labute approximate surface area is 180 Å². The maximum atomic E-state index is 12.6. The molecule has 2 saturated carbocycles. The van der Waals surface area contributed by atoms with Crippen LogP contribution in [-0.4, -0.2) is 32.3 Å². The van der Waals surface area contributed by atoms with E-state index in [-0.39, 0.29) is 28.9 Å². The quantitative estimate of drug-likeness (QED) is 0.689. The lowest BCUT2D eigenvalue weighted by atomic mass is 9.59. The maximum Gasteiger partial charge on any atom is 0.220 e. The zero-order valence-electron chi connectivity index (χ0n) is 19.1. The van der Waals surface area contributed by atoms with Gasteiger partial charge in [-0.05, 0) is 73.0 Å². The van der Waals surface area contributed by atoms with Crippen LogP contribution in [0.15, 0.2) is 18.2 Å². The van der Waals surface area contributed by atoms with Gasteiger partial charge in [0.25, 0.3) is 0 Å². The Bertz CT molecular complexity index is 791. The third-order valence-corrected chi connectivity index (χ3v) is 8.10. The van der Waals surface area contributed by atoms with Crippen molar-refractivity contribution in [2.45, 2.75) is 71.9 Å². The number of methoxy groups -OCH3 is 1. The number of fused-ring (bicyclic) bond motifs is 1. The normalized spacial score (nSPS) is 33.8. The zero-order valence-corrected chi connectivity index (χ0v) is 19.1. The summed E-state index contributed by atoms with van der Waals surface area (Å²) < 4.78 is 17.7. The SMILES string of the molecule is CCCC(=O)N[C@@H]1C(C)(C)[C@@H]2C[C@@H]3[C@@H](c4ccc(OCC)c(OC)c4)OCCC31C2. The van der Waals surface area contributed by atoms with Crippen LogP contribution in [0.25, 0.3) is 0 Å². The van der Waals surface area contributed by atoms with Crippen LogP contribution >= 0.6 is 0 Å². The third kappa shape index (κ3) is 3.30. The van der Waals surface area contributed by atoms with Crippen LogP contribution in [0.5, 0.6) is 11.5 Å². The first kappa shape index (κ1) is 21.5. The van der Waals surface area contributed by atoms with E-state index in [2.05, 4.69) is 38.2 Å². The lowest BCUT2D eigenvalue weighted by Gasteiger charge is -2.53. The van der Waals surface area contributed by atoms with Crippen LogP contribution in [0.2, 0.25) is 0 Å². The van der Waals surface area contributed by atoms with Gasteiger partial charge in [0, 0.05) is 19.1 Å². The second-order valence-electron chi connectivity index (χ2n) is 9.93. The highest BCUT2D eigenvalue weighted by atomic mass is 16.5. The van der Waals surface area contributed by atoms with Crippen LogP contribution in [0.1, 0.15) is 71.5 Å². The van der Waals surface area contributed by atoms with Crippen molar-refractivity contribution >= 4 is 5.91 Å². The van der Waals surface area contributed by atoms with Crippen molar-refractivity contribution in [3.05, 3.63) is 23.8 Å². The van der Waals surface area contributed by atoms with Gasteiger partial charge in [0.1, 0.15) is 0 Å². The predicted molar refractivity (Wildman–Crippen MR) is 117 cm³/mol. The Balaban J connectivity index is 1.65. The highest BCUT2D eigenvalue weighted by Crippen LogP contribution is 2.70. The van der Waals surface area contributed by atoms with E-state index >= 15 is 0 Å². The van der Waals surface area contributed by atoms with Gasteiger partial charge in [0.2, 0.25) is 5.91 Å². The van der Waals surface area contributed by atoms with Crippen molar-refractivity contribution in [3.63, 3.8) is 0 Å². The molecule has 1 heterocycles. The summed E-state index contributed by atoms with van der Waals surface area (Å²) in [6, 6.07) is 6.42. The highest BCUT2D eigenvalue weighted by Gasteiger charge is 2.68. The van der Waals surface area contributed by atoms with Crippen LogP contribution in [0, 0.1) is 22.7 Å². The Morgan fingerprint density at radius 3 is 2.77 bits per heavy atom. The lowest BCUT2D eigenvalue weighted by molar-refractivity contribution is -0.137. The molecule has 1 N–H and O–H groups in total. The Morgan fingerprint density at radius 2 is 2.07 bits per heavy atom. The summed E-state index contributed by atoms with van der Waals surface area (Å²) in [6.07, 6.45) is 4.91. The molecule has 1 unspecified atom stereocenters. The fraction of sp³-hybridized carbons (Fsp3) is 0.720. The summed E-state index contributed by atoms with van der Waals surface area (Å²) in [5.74, 6) is 2.76. The van der Waals surface area contributed by atoms with E-state index in [1.807, 2.05) is 13.0 Å². The third-order valence-electron chi connectivity index (χ3n) is 8.10. The van der Waals surface area contributed by atoms with Gasteiger partial charge in [-0.15, -0.1) is 0 Å². The van der Waals surface area contributed by atoms with Crippen LogP contribution in [0.3, 0.4) is 0 Å². The molecule has 2 aliphatic carbocycles. The molecule has 0 aromatic heterocycles. The molecular formula is C25H37NO4. The first-order valence-corrected chi connectivity index (χ1v) is 11.6. The summed E-state index contributed by atoms with van der Waals surface area (Å²) in [6.45, 7) is 10.1. The van der Waals surface area contributed by atoms with Gasteiger partial charge in [-0.25, -0.2) is 0 Å². The maximum absolute atomic E-state index is 12.6. The predicted octanol–water partition coefficient (Wildman–Crippen LogP) is 4.89. The molecule has 1 aliphatic heterocycles. The minimum atomic E-state index is 0.0370. The van der Waals surface area contributed by atoms with E-state index in [0.717, 1.165) is 42.9 Å². The molecular weight excluding hydrogens is 378 g/mol. The highest BCUT2D eigenvalue weighted by molar-refractivity contribution is 5.76. The molecule has 1 aromatic rings. The fourth-order valence-corrected chi connectivity index (χ4v) is 6.71. The Kier molecular flexibility index (Phi) is 5.78. The van der Waals surface area contributed by atoms with Crippen molar-refractivity contribution in [2.75, 3.05) is 20.3 Å². The number of carbonyl (C=O) groups is 1. The van der Waals surface area contributed by atoms with Crippen LogP contribution < -0.4 is 14.8 Å². The number of carbonyl (C=O) groups excluding carboxylic acids is 1. The van der Waals surface area contributed by atoms with E-state index in [9.17, 15) is 4.79 Å².